The van der Waals surface area contributed by atoms with Crippen LogP contribution >= 0.6 is 11.6 Å². The summed E-state index contributed by atoms with van der Waals surface area (Å²) in [5.41, 5.74) is 1.16. The molecule has 2 heterocycles. The number of imidazole rings is 1. The maximum atomic E-state index is 11.9. The van der Waals surface area contributed by atoms with Crippen molar-refractivity contribution in [3.8, 4) is 5.75 Å². The Morgan fingerprint density at radius 3 is 2.81 bits per heavy atom. The number of nitrogens with zero attached hydrogens (tertiary/aromatic N) is 2. The normalized spacial score (nSPS) is 24.5. The van der Waals surface area contributed by atoms with Gasteiger partial charge in [0, 0.05) is 6.07 Å². The Labute approximate surface area is 128 Å². The standard InChI is InChI=1S/C14H17ClN2O3S/c1-14(5-6-21(18,19)9-14)17-12-7-10(20-2)3-4-11(12)16-13(17)8-15/h3-4,7H,5-6,8-9H2,1-2H3. The lowest BCUT2D eigenvalue weighted by atomic mass is 10.0. The molecule has 1 aromatic carbocycles. The summed E-state index contributed by atoms with van der Waals surface area (Å²) in [6.07, 6.45) is 0.571. The van der Waals surface area contributed by atoms with Gasteiger partial charge in [0.25, 0.3) is 0 Å². The van der Waals surface area contributed by atoms with E-state index in [1.807, 2.05) is 29.7 Å². The zero-order valence-corrected chi connectivity index (χ0v) is 13.5. The second-order valence-electron chi connectivity index (χ2n) is 5.69. The van der Waals surface area contributed by atoms with Gasteiger partial charge in [0.1, 0.15) is 11.6 Å². The van der Waals surface area contributed by atoms with Crippen molar-refractivity contribution >= 4 is 32.5 Å². The molecule has 0 radical (unpaired) electrons. The fourth-order valence-corrected chi connectivity index (χ4v) is 5.39. The van der Waals surface area contributed by atoms with Gasteiger partial charge < -0.3 is 9.30 Å². The number of hydrogen-bond donors (Lipinski definition) is 0. The zero-order chi connectivity index (χ0) is 15.3. The highest BCUT2D eigenvalue weighted by Crippen LogP contribution is 2.36. The van der Waals surface area contributed by atoms with Crippen LogP contribution in [0.25, 0.3) is 11.0 Å². The van der Waals surface area contributed by atoms with E-state index in [4.69, 9.17) is 16.3 Å². The van der Waals surface area contributed by atoms with Crippen LogP contribution in [0.2, 0.25) is 0 Å². The Kier molecular flexibility index (Phi) is 3.41. The molecule has 2 aromatic rings. The van der Waals surface area contributed by atoms with Gasteiger partial charge in [0.2, 0.25) is 0 Å². The van der Waals surface area contributed by atoms with Crippen molar-refractivity contribution < 1.29 is 13.2 Å². The topological polar surface area (TPSA) is 61.2 Å². The highest BCUT2D eigenvalue weighted by atomic mass is 35.5. The number of rotatable bonds is 3. The highest BCUT2D eigenvalue weighted by molar-refractivity contribution is 7.91. The van der Waals surface area contributed by atoms with Crippen LogP contribution in [0, 0.1) is 0 Å². The average molecular weight is 329 g/mol. The first-order valence-corrected chi connectivity index (χ1v) is 9.06. The van der Waals surface area contributed by atoms with Crippen LogP contribution in [0.5, 0.6) is 5.75 Å². The molecule has 0 spiro atoms. The van der Waals surface area contributed by atoms with Gasteiger partial charge in [-0.25, -0.2) is 13.4 Å². The third-order valence-electron chi connectivity index (χ3n) is 4.07. The predicted octanol–water partition coefficient (Wildman–Crippen LogP) is 2.32. The third kappa shape index (κ3) is 2.40. The lowest BCUT2D eigenvalue weighted by molar-refractivity contribution is 0.366. The van der Waals surface area contributed by atoms with Crippen LogP contribution < -0.4 is 4.74 Å². The highest BCUT2D eigenvalue weighted by Gasteiger charge is 2.41. The van der Waals surface area contributed by atoms with E-state index in [1.165, 1.54) is 0 Å². The van der Waals surface area contributed by atoms with Gasteiger partial charge in [-0.2, -0.15) is 0 Å². The molecule has 5 nitrogen and oxygen atoms in total. The van der Waals surface area contributed by atoms with E-state index >= 15 is 0 Å². The van der Waals surface area contributed by atoms with E-state index in [1.54, 1.807) is 7.11 Å². The molecule has 1 fully saturated rings. The molecular formula is C14H17ClN2O3S. The summed E-state index contributed by atoms with van der Waals surface area (Å²) in [4.78, 5) is 4.52. The minimum atomic E-state index is -3.01. The summed E-state index contributed by atoms with van der Waals surface area (Å²) in [6.45, 7) is 1.95. The molecule has 0 amide bonds. The summed E-state index contributed by atoms with van der Waals surface area (Å²) < 4.78 is 31.1. The smallest absolute Gasteiger partial charge is 0.152 e. The fourth-order valence-electron chi connectivity index (χ4n) is 3.09. The van der Waals surface area contributed by atoms with E-state index in [2.05, 4.69) is 4.98 Å². The lowest BCUT2D eigenvalue weighted by Gasteiger charge is -2.27. The van der Waals surface area contributed by atoms with Gasteiger partial charge in [0.15, 0.2) is 9.84 Å². The summed E-state index contributed by atoms with van der Waals surface area (Å²) in [7, 11) is -1.41. The molecule has 0 aliphatic carbocycles. The number of halogens is 1. The molecule has 0 bridgehead atoms. The minimum absolute atomic E-state index is 0.118. The van der Waals surface area contributed by atoms with Crippen LogP contribution in [0.3, 0.4) is 0 Å². The molecule has 21 heavy (non-hydrogen) atoms. The lowest BCUT2D eigenvalue weighted by Crippen LogP contribution is -2.32. The van der Waals surface area contributed by atoms with Crippen molar-refractivity contribution in [2.24, 2.45) is 0 Å². The van der Waals surface area contributed by atoms with Crippen molar-refractivity contribution in [3.05, 3.63) is 24.0 Å². The summed E-state index contributed by atoms with van der Waals surface area (Å²) in [6, 6.07) is 5.59. The van der Waals surface area contributed by atoms with Gasteiger partial charge in [-0.15, -0.1) is 11.6 Å². The zero-order valence-electron chi connectivity index (χ0n) is 12.0. The molecule has 1 aliphatic heterocycles. The van der Waals surface area contributed by atoms with E-state index < -0.39 is 15.4 Å². The quantitative estimate of drug-likeness (QED) is 0.811. The minimum Gasteiger partial charge on any atom is -0.497 e. The number of alkyl halides is 1. The summed E-state index contributed by atoms with van der Waals surface area (Å²) in [5.74, 6) is 1.97. The van der Waals surface area contributed by atoms with Gasteiger partial charge in [-0.05, 0) is 25.5 Å². The first-order valence-electron chi connectivity index (χ1n) is 6.71. The Hall–Kier alpha value is -1.27. The Balaban J connectivity index is 2.25. The van der Waals surface area contributed by atoms with Crippen LogP contribution in [-0.4, -0.2) is 36.6 Å². The largest absolute Gasteiger partial charge is 0.497 e. The SMILES string of the molecule is COc1ccc2nc(CCl)n(C3(C)CCS(=O)(=O)C3)c2c1. The Morgan fingerprint density at radius 1 is 1.48 bits per heavy atom. The third-order valence-corrected chi connectivity index (χ3v) is 6.20. The fraction of sp³-hybridized carbons (Fsp3) is 0.500. The molecule has 1 aromatic heterocycles. The van der Waals surface area contributed by atoms with E-state index in [9.17, 15) is 8.42 Å². The number of sulfone groups is 1. The molecule has 0 N–H and O–H groups in total. The molecular weight excluding hydrogens is 312 g/mol. The molecule has 0 saturated carbocycles. The second kappa shape index (κ2) is 4.88. The van der Waals surface area contributed by atoms with Crippen molar-refractivity contribution in [2.75, 3.05) is 18.6 Å². The predicted molar refractivity (Wildman–Crippen MR) is 82.8 cm³/mol. The van der Waals surface area contributed by atoms with Crippen LogP contribution in [0.1, 0.15) is 19.2 Å². The number of benzene rings is 1. The van der Waals surface area contributed by atoms with Crippen LogP contribution in [-0.2, 0) is 21.3 Å². The number of fused-ring (bicyclic) bond motifs is 1. The number of hydrogen-bond acceptors (Lipinski definition) is 4. The number of methoxy groups -OCH3 is 1. The maximum absolute atomic E-state index is 11.9. The number of ether oxygens (including phenoxy) is 1. The van der Waals surface area contributed by atoms with E-state index in [-0.39, 0.29) is 17.4 Å². The van der Waals surface area contributed by atoms with Gasteiger partial charge >= 0.3 is 0 Å². The summed E-state index contributed by atoms with van der Waals surface area (Å²) >= 11 is 6.02. The summed E-state index contributed by atoms with van der Waals surface area (Å²) in [5, 5.41) is 0. The van der Waals surface area contributed by atoms with E-state index in [0.717, 1.165) is 11.0 Å². The van der Waals surface area contributed by atoms with Crippen LogP contribution in [0.15, 0.2) is 18.2 Å². The van der Waals surface area contributed by atoms with Crippen molar-refractivity contribution in [2.45, 2.75) is 24.8 Å². The first kappa shape index (κ1) is 14.7. The number of aromatic nitrogens is 2. The van der Waals surface area contributed by atoms with Crippen LogP contribution in [0.4, 0.5) is 0 Å². The van der Waals surface area contributed by atoms with Crippen molar-refractivity contribution in [1.29, 1.82) is 0 Å². The van der Waals surface area contributed by atoms with Gasteiger partial charge in [-0.3, -0.25) is 0 Å². The first-order chi connectivity index (χ1) is 9.88. The van der Waals surface area contributed by atoms with E-state index in [0.29, 0.717) is 18.0 Å². The average Bonchev–Trinajstić information content (AvgIpc) is 2.95. The van der Waals surface area contributed by atoms with Crippen molar-refractivity contribution in [1.82, 2.24) is 9.55 Å². The van der Waals surface area contributed by atoms with Crippen molar-refractivity contribution in [3.63, 3.8) is 0 Å². The molecule has 1 aliphatic rings. The second-order valence-corrected chi connectivity index (χ2v) is 8.14. The molecule has 3 rings (SSSR count). The molecule has 1 saturated heterocycles. The molecule has 1 unspecified atom stereocenters. The molecule has 114 valence electrons. The Bertz CT molecular complexity index is 800. The maximum Gasteiger partial charge on any atom is 0.152 e. The van der Waals surface area contributed by atoms with Gasteiger partial charge in [0.05, 0.1) is 41.1 Å². The molecule has 7 heteroatoms. The Morgan fingerprint density at radius 2 is 2.24 bits per heavy atom. The monoisotopic (exact) mass is 328 g/mol. The molecule has 1 atom stereocenters. The van der Waals surface area contributed by atoms with Gasteiger partial charge in [-0.1, -0.05) is 0 Å².